The molecule has 0 fully saturated rings. The molecule has 0 aliphatic rings. The summed E-state index contributed by atoms with van der Waals surface area (Å²) in [6.07, 6.45) is 3.66. The van der Waals surface area contributed by atoms with Gasteiger partial charge in [0, 0.05) is 12.4 Å². The lowest BCUT2D eigenvalue weighted by atomic mass is 10.5. The molecule has 0 aromatic carbocycles. The van der Waals surface area contributed by atoms with E-state index >= 15 is 0 Å². The topological polar surface area (TPSA) is 53.1 Å². The fourth-order valence-corrected chi connectivity index (χ4v) is 0.679. The quantitative estimate of drug-likeness (QED) is 0.704. The van der Waals surface area contributed by atoms with Crippen molar-refractivity contribution >= 4 is 5.95 Å². The van der Waals surface area contributed by atoms with Crippen LogP contribution in [-0.2, 0) is 11.5 Å². The van der Waals surface area contributed by atoms with Gasteiger partial charge in [-0.15, -0.1) is 0 Å². The van der Waals surface area contributed by atoms with Gasteiger partial charge >= 0.3 is 0 Å². The number of hydrogen-bond donors (Lipinski definition) is 1. The number of imidazole rings is 1. The van der Waals surface area contributed by atoms with Gasteiger partial charge in [-0.1, -0.05) is 0 Å². The summed E-state index contributed by atoms with van der Waals surface area (Å²) >= 11 is 0. The molecule has 0 aliphatic heterocycles. The highest BCUT2D eigenvalue weighted by Crippen LogP contribution is 1.99. The van der Waals surface area contributed by atoms with Crippen molar-refractivity contribution in [1.29, 1.82) is 0 Å². The minimum Gasteiger partial charge on any atom is -0.369 e. The van der Waals surface area contributed by atoms with Crippen LogP contribution in [0.2, 0.25) is 0 Å². The van der Waals surface area contributed by atoms with Gasteiger partial charge in [0.1, 0.15) is 6.73 Å². The molecule has 1 aromatic heterocycles. The lowest BCUT2D eigenvalue weighted by Crippen LogP contribution is -2.09. The lowest BCUT2D eigenvalue weighted by molar-refractivity contribution is 0.0298. The number of rotatable bonds is 3. The molecule has 0 radical (unpaired) electrons. The summed E-state index contributed by atoms with van der Waals surface area (Å²) in [5.41, 5.74) is 5.50. The summed E-state index contributed by atoms with van der Waals surface area (Å²) in [7, 11) is 0. The van der Waals surface area contributed by atoms with Crippen LogP contribution in [0, 0.1) is 0 Å². The minimum absolute atomic E-state index is 0.219. The molecular formula is C7H13N3O. The highest BCUT2D eigenvalue weighted by Gasteiger charge is 1.97. The first kappa shape index (κ1) is 8.07. The van der Waals surface area contributed by atoms with Gasteiger partial charge in [0.15, 0.2) is 0 Å². The third-order valence-corrected chi connectivity index (χ3v) is 1.29. The van der Waals surface area contributed by atoms with Gasteiger partial charge < -0.3 is 10.5 Å². The van der Waals surface area contributed by atoms with Gasteiger partial charge in [-0.05, 0) is 13.8 Å². The molecule has 1 heterocycles. The van der Waals surface area contributed by atoms with Gasteiger partial charge in [-0.2, -0.15) is 0 Å². The normalized spacial score (nSPS) is 10.8. The number of nitrogen functional groups attached to an aromatic ring is 1. The van der Waals surface area contributed by atoms with Crippen LogP contribution in [-0.4, -0.2) is 15.7 Å². The highest BCUT2D eigenvalue weighted by molar-refractivity contribution is 5.15. The maximum atomic E-state index is 5.50. The Morgan fingerprint density at radius 1 is 1.73 bits per heavy atom. The van der Waals surface area contributed by atoms with Gasteiger partial charge in [-0.3, -0.25) is 4.57 Å². The highest BCUT2D eigenvalue weighted by atomic mass is 16.5. The molecule has 0 saturated carbocycles. The van der Waals surface area contributed by atoms with E-state index in [1.54, 1.807) is 17.0 Å². The molecule has 1 aromatic rings. The summed E-state index contributed by atoms with van der Waals surface area (Å²) in [5.74, 6) is 0.491. The summed E-state index contributed by atoms with van der Waals surface area (Å²) in [5, 5.41) is 0. The maximum absolute atomic E-state index is 5.50. The molecule has 0 amide bonds. The van der Waals surface area contributed by atoms with E-state index in [0.29, 0.717) is 12.7 Å². The fourth-order valence-electron chi connectivity index (χ4n) is 0.679. The first-order valence-corrected chi connectivity index (χ1v) is 3.58. The van der Waals surface area contributed by atoms with Crippen molar-refractivity contribution in [3.63, 3.8) is 0 Å². The summed E-state index contributed by atoms with van der Waals surface area (Å²) in [4.78, 5) is 3.86. The first-order chi connectivity index (χ1) is 5.20. The average Bonchev–Trinajstić information content (AvgIpc) is 2.31. The number of hydrogen-bond acceptors (Lipinski definition) is 3. The van der Waals surface area contributed by atoms with E-state index in [0.717, 1.165) is 0 Å². The zero-order chi connectivity index (χ0) is 8.27. The average molecular weight is 155 g/mol. The van der Waals surface area contributed by atoms with Crippen LogP contribution < -0.4 is 5.73 Å². The van der Waals surface area contributed by atoms with Crippen LogP contribution in [0.4, 0.5) is 5.95 Å². The maximum Gasteiger partial charge on any atom is 0.202 e. The molecule has 0 bridgehead atoms. The van der Waals surface area contributed by atoms with Crippen molar-refractivity contribution in [3.8, 4) is 0 Å². The molecule has 1 rings (SSSR count). The Morgan fingerprint density at radius 2 is 2.45 bits per heavy atom. The first-order valence-electron chi connectivity index (χ1n) is 3.58. The largest absolute Gasteiger partial charge is 0.369 e. The van der Waals surface area contributed by atoms with Crippen molar-refractivity contribution in [2.45, 2.75) is 26.7 Å². The number of nitrogens with two attached hydrogens (primary N) is 1. The van der Waals surface area contributed by atoms with Crippen molar-refractivity contribution < 1.29 is 4.74 Å². The van der Waals surface area contributed by atoms with Gasteiger partial charge in [0.05, 0.1) is 6.10 Å². The van der Waals surface area contributed by atoms with Crippen LogP contribution in [0.15, 0.2) is 12.4 Å². The van der Waals surface area contributed by atoms with Gasteiger partial charge in [0.25, 0.3) is 0 Å². The molecule has 0 atom stereocenters. The SMILES string of the molecule is CC(C)OCn1ccnc1N. The Hall–Kier alpha value is -1.03. The van der Waals surface area contributed by atoms with E-state index in [4.69, 9.17) is 10.5 Å². The molecule has 4 heteroatoms. The number of aromatic nitrogens is 2. The summed E-state index contributed by atoms with van der Waals surface area (Å²) in [6, 6.07) is 0. The van der Waals surface area contributed by atoms with Crippen LogP contribution in [0.3, 0.4) is 0 Å². The van der Waals surface area contributed by atoms with Crippen molar-refractivity contribution in [2.24, 2.45) is 0 Å². The van der Waals surface area contributed by atoms with E-state index in [1.807, 2.05) is 13.8 Å². The van der Waals surface area contributed by atoms with E-state index in [9.17, 15) is 0 Å². The summed E-state index contributed by atoms with van der Waals surface area (Å²) < 4.78 is 7.06. The predicted octanol–water partition coefficient (Wildman–Crippen LogP) is 0.848. The Bertz CT molecular complexity index is 219. The van der Waals surface area contributed by atoms with Crippen molar-refractivity contribution in [3.05, 3.63) is 12.4 Å². The molecule has 0 spiro atoms. The molecular weight excluding hydrogens is 142 g/mol. The second kappa shape index (κ2) is 3.39. The van der Waals surface area contributed by atoms with E-state index in [2.05, 4.69) is 4.98 Å². The van der Waals surface area contributed by atoms with Crippen LogP contribution in [0.1, 0.15) is 13.8 Å². The number of anilines is 1. The molecule has 4 nitrogen and oxygen atoms in total. The van der Waals surface area contributed by atoms with Gasteiger partial charge in [-0.25, -0.2) is 4.98 Å². The molecule has 62 valence electrons. The Balaban J connectivity index is 2.44. The van der Waals surface area contributed by atoms with Gasteiger partial charge in [0.2, 0.25) is 5.95 Å². The van der Waals surface area contributed by atoms with E-state index < -0.39 is 0 Å². The molecule has 11 heavy (non-hydrogen) atoms. The predicted molar refractivity (Wildman–Crippen MR) is 42.9 cm³/mol. The monoisotopic (exact) mass is 155 g/mol. The Kier molecular flexibility index (Phi) is 2.48. The second-order valence-electron chi connectivity index (χ2n) is 2.60. The zero-order valence-corrected chi connectivity index (χ0v) is 6.82. The standard InChI is InChI=1S/C7H13N3O/c1-6(2)11-5-10-4-3-9-7(10)8/h3-4,6H,5H2,1-2H3,(H2,8,9). The third-order valence-electron chi connectivity index (χ3n) is 1.29. The van der Waals surface area contributed by atoms with Crippen LogP contribution in [0.5, 0.6) is 0 Å². The Morgan fingerprint density at radius 3 is 2.91 bits per heavy atom. The van der Waals surface area contributed by atoms with E-state index in [1.165, 1.54) is 0 Å². The minimum atomic E-state index is 0.219. The van der Waals surface area contributed by atoms with Crippen molar-refractivity contribution in [1.82, 2.24) is 9.55 Å². The van der Waals surface area contributed by atoms with Crippen LogP contribution in [0.25, 0.3) is 0 Å². The molecule has 2 N–H and O–H groups in total. The van der Waals surface area contributed by atoms with Crippen molar-refractivity contribution in [2.75, 3.05) is 5.73 Å². The molecule has 0 unspecified atom stereocenters. The fraction of sp³-hybridized carbons (Fsp3) is 0.571. The van der Waals surface area contributed by atoms with E-state index in [-0.39, 0.29) is 6.10 Å². The zero-order valence-electron chi connectivity index (χ0n) is 6.82. The Labute approximate surface area is 66.0 Å². The number of ether oxygens (including phenoxy) is 1. The summed E-state index contributed by atoms with van der Waals surface area (Å²) in [6.45, 7) is 4.43. The molecule has 0 saturated heterocycles. The van der Waals surface area contributed by atoms with Crippen LogP contribution >= 0.6 is 0 Å². The second-order valence-corrected chi connectivity index (χ2v) is 2.60. The number of nitrogens with zero attached hydrogens (tertiary/aromatic N) is 2. The lowest BCUT2D eigenvalue weighted by Gasteiger charge is -2.08. The third kappa shape index (κ3) is 2.23. The molecule has 0 aliphatic carbocycles. The smallest absolute Gasteiger partial charge is 0.202 e.